The minimum absolute atomic E-state index is 0.144. The first-order valence-electron chi connectivity index (χ1n) is 9.41. The average Bonchev–Trinajstić information content (AvgIpc) is 2.58. The Morgan fingerprint density at radius 2 is 1.63 bits per heavy atom. The lowest BCUT2D eigenvalue weighted by atomic mass is 9.59. The van der Waals surface area contributed by atoms with E-state index >= 15 is 0 Å². The molecule has 0 amide bonds. The van der Waals surface area contributed by atoms with Gasteiger partial charge in [-0.25, -0.2) is 0 Å². The van der Waals surface area contributed by atoms with E-state index in [0.717, 1.165) is 33.1 Å². The van der Waals surface area contributed by atoms with Gasteiger partial charge in [0.1, 0.15) is 35.7 Å². The highest BCUT2D eigenvalue weighted by molar-refractivity contribution is 6.10. The number of ketones is 3. The standard InChI is InChI=1S/C19H32O8/c1-5-6-7-8-9-14(11(2)20)18(12(3)21,13(4)22)19(26)17(25)16(24)15(23)10-27-19/h14-17,23-26H,5-10H2,1-4H3/t14?,15-,16+,17-,19?/m1/s1. The molecule has 5 atom stereocenters. The van der Waals surface area contributed by atoms with Crippen molar-refractivity contribution < 1.29 is 39.5 Å². The number of rotatable bonds is 10. The van der Waals surface area contributed by atoms with Crippen molar-refractivity contribution >= 4 is 17.3 Å². The van der Waals surface area contributed by atoms with Crippen LogP contribution in [0.2, 0.25) is 0 Å². The van der Waals surface area contributed by atoms with Gasteiger partial charge in [0.05, 0.1) is 6.61 Å². The molecule has 1 saturated heterocycles. The van der Waals surface area contributed by atoms with Gasteiger partial charge in [-0.15, -0.1) is 0 Å². The predicted molar refractivity (Wildman–Crippen MR) is 95.6 cm³/mol. The van der Waals surface area contributed by atoms with Gasteiger partial charge >= 0.3 is 0 Å². The third-order valence-electron chi connectivity index (χ3n) is 5.63. The van der Waals surface area contributed by atoms with Crippen LogP contribution in [0.4, 0.5) is 0 Å². The minimum Gasteiger partial charge on any atom is -0.388 e. The van der Waals surface area contributed by atoms with E-state index in [2.05, 4.69) is 0 Å². The van der Waals surface area contributed by atoms with Crippen molar-refractivity contribution in [1.82, 2.24) is 0 Å². The van der Waals surface area contributed by atoms with Crippen LogP contribution in [-0.2, 0) is 19.1 Å². The van der Waals surface area contributed by atoms with Crippen LogP contribution >= 0.6 is 0 Å². The highest BCUT2D eigenvalue weighted by Crippen LogP contribution is 2.48. The number of aliphatic hydroxyl groups excluding tert-OH is 3. The summed E-state index contributed by atoms with van der Waals surface area (Å²) in [4.78, 5) is 37.9. The van der Waals surface area contributed by atoms with Gasteiger partial charge in [0.15, 0.2) is 5.41 Å². The average molecular weight is 388 g/mol. The van der Waals surface area contributed by atoms with Crippen molar-refractivity contribution in [2.24, 2.45) is 11.3 Å². The van der Waals surface area contributed by atoms with Crippen molar-refractivity contribution in [1.29, 1.82) is 0 Å². The summed E-state index contributed by atoms with van der Waals surface area (Å²) in [5, 5.41) is 41.3. The second-order valence-electron chi connectivity index (χ2n) is 7.44. The van der Waals surface area contributed by atoms with Crippen LogP contribution in [0.5, 0.6) is 0 Å². The lowest BCUT2D eigenvalue weighted by molar-refractivity contribution is -0.356. The Hall–Kier alpha value is -1.19. The Morgan fingerprint density at radius 3 is 2.07 bits per heavy atom. The van der Waals surface area contributed by atoms with Crippen LogP contribution in [-0.4, -0.2) is 68.5 Å². The molecule has 0 radical (unpaired) electrons. The Kier molecular flexibility index (Phi) is 8.25. The van der Waals surface area contributed by atoms with Crippen LogP contribution in [0.1, 0.15) is 59.8 Å². The van der Waals surface area contributed by atoms with Gasteiger partial charge in [-0.3, -0.25) is 14.4 Å². The van der Waals surface area contributed by atoms with E-state index in [1.165, 1.54) is 6.92 Å². The minimum atomic E-state index is -2.83. The van der Waals surface area contributed by atoms with Gasteiger partial charge in [-0.2, -0.15) is 0 Å². The molecular weight excluding hydrogens is 356 g/mol. The predicted octanol–water partition coefficient (Wildman–Crippen LogP) is 0.128. The number of carbonyl (C=O) groups excluding carboxylic acids is 3. The van der Waals surface area contributed by atoms with Gasteiger partial charge in [0, 0.05) is 5.92 Å². The fourth-order valence-electron chi connectivity index (χ4n) is 4.18. The quantitative estimate of drug-likeness (QED) is 0.306. The molecule has 1 rings (SSSR count). The molecule has 2 unspecified atom stereocenters. The molecule has 1 aliphatic heterocycles. The first-order chi connectivity index (χ1) is 12.5. The zero-order valence-corrected chi connectivity index (χ0v) is 16.5. The molecule has 8 nitrogen and oxygen atoms in total. The van der Waals surface area contributed by atoms with Gasteiger partial charge < -0.3 is 25.2 Å². The molecule has 27 heavy (non-hydrogen) atoms. The van der Waals surface area contributed by atoms with Crippen LogP contribution in [0, 0.1) is 11.3 Å². The summed E-state index contributed by atoms with van der Waals surface area (Å²) in [6, 6.07) is 0. The number of Topliss-reactive ketones (excluding diaryl/α,β-unsaturated/α-hetero) is 3. The number of aliphatic hydroxyl groups is 4. The molecule has 1 fully saturated rings. The van der Waals surface area contributed by atoms with E-state index in [1.54, 1.807) is 0 Å². The van der Waals surface area contributed by atoms with Crippen LogP contribution in [0.15, 0.2) is 0 Å². The molecule has 0 bridgehead atoms. The van der Waals surface area contributed by atoms with Crippen LogP contribution in [0.3, 0.4) is 0 Å². The van der Waals surface area contributed by atoms with Crippen molar-refractivity contribution in [3.05, 3.63) is 0 Å². The number of hydrogen-bond acceptors (Lipinski definition) is 8. The summed E-state index contributed by atoms with van der Waals surface area (Å²) < 4.78 is 5.21. The van der Waals surface area contributed by atoms with E-state index in [4.69, 9.17) is 4.74 Å². The lowest BCUT2D eigenvalue weighted by Gasteiger charge is -2.52. The zero-order chi connectivity index (χ0) is 21.0. The molecule has 156 valence electrons. The maximum absolute atomic E-state index is 12.7. The largest absolute Gasteiger partial charge is 0.388 e. The molecule has 0 aliphatic carbocycles. The van der Waals surface area contributed by atoms with E-state index in [9.17, 15) is 34.8 Å². The van der Waals surface area contributed by atoms with E-state index < -0.39 is 59.4 Å². The summed E-state index contributed by atoms with van der Waals surface area (Å²) in [7, 11) is 0. The first-order valence-corrected chi connectivity index (χ1v) is 9.41. The van der Waals surface area contributed by atoms with Crippen LogP contribution < -0.4 is 0 Å². The van der Waals surface area contributed by atoms with E-state index in [0.29, 0.717) is 6.42 Å². The van der Waals surface area contributed by atoms with E-state index in [-0.39, 0.29) is 6.42 Å². The number of ether oxygens (including phenoxy) is 1. The van der Waals surface area contributed by atoms with Crippen molar-refractivity contribution in [2.75, 3.05) is 6.61 Å². The number of unbranched alkanes of at least 4 members (excludes halogenated alkanes) is 3. The Bertz CT molecular complexity index is 546. The fourth-order valence-corrected chi connectivity index (χ4v) is 4.18. The Morgan fingerprint density at radius 1 is 1.07 bits per heavy atom. The molecule has 4 N–H and O–H groups in total. The Balaban J connectivity index is 3.49. The molecule has 0 aromatic rings. The van der Waals surface area contributed by atoms with Gasteiger partial charge in [0.2, 0.25) is 5.79 Å². The first kappa shape index (κ1) is 23.8. The van der Waals surface area contributed by atoms with Gasteiger partial charge in [0.25, 0.3) is 0 Å². The topological polar surface area (TPSA) is 141 Å². The van der Waals surface area contributed by atoms with Crippen molar-refractivity contribution in [3.8, 4) is 0 Å². The maximum Gasteiger partial charge on any atom is 0.215 e. The van der Waals surface area contributed by atoms with Gasteiger partial charge in [-0.1, -0.05) is 32.6 Å². The molecule has 0 saturated carbocycles. The summed E-state index contributed by atoms with van der Waals surface area (Å²) in [5.41, 5.74) is -2.38. The molecule has 0 spiro atoms. The second kappa shape index (κ2) is 9.34. The summed E-state index contributed by atoms with van der Waals surface area (Å²) >= 11 is 0. The third-order valence-corrected chi connectivity index (χ3v) is 5.63. The molecular formula is C19H32O8. The molecule has 1 heterocycles. The molecule has 1 aliphatic rings. The summed E-state index contributed by atoms with van der Waals surface area (Å²) in [6.45, 7) is 4.73. The highest BCUT2D eigenvalue weighted by Gasteiger charge is 2.69. The molecule has 8 heteroatoms. The maximum atomic E-state index is 12.7. The number of hydrogen-bond donors (Lipinski definition) is 4. The van der Waals surface area contributed by atoms with Crippen molar-refractivity contribution in [2.45, 2.75) is 83.9 Å². The SMILES string of the molecule is CCCCCCC(C(C)=O)C(C(C)=O)(C(C)=O)C1(O)OC[C@@H](O)[C@H](O)[C@H]1O. The monoisotopic (exact) mass is 388 g/mol. The Labute approximate surface area is 159 Å². The number of carbonyl (C=O) groups is 3. The van der Waals surface area contributed by atoms with Crippen LogP contribution in [0.25, 0.3) is 0 Å². The third kappa shape index (κ3) is 4.14. The van der Waals surface area contributed by atoms with E-state index in [1.807, 2.05) is 6.92 Å². The van der Waals surface area contributed by atoms with Gasteiger partial charge in [-0.05, 0) is 27.2 Å². The highest BCUT2D eigenvalue weighted by atomic mass is 16.7. The zero-order valence-electron chi connectivity index (χ0n) is 16.5. The molecule has 0 aromatic carbocycles. The molecule has 0 aromatic heterocycles. The summed E-state index contributed by atoms with van der Waals surface area (Å²) in [6.07, 6.45) is -2.17. The second-order valence-corrected chi connectivity index (χ2v) is 7.44. The normalized spacial score (nSPS) is 30.0. The lowest BCUT2D eigenvalue weighted by Crippen LogP contribution is -2.73. The smallest absolute Gasteiger partial charge is 0.215 e. The van der Waals surface area contributed by atoms with Crippen molar-refractivity contribution in [3.63, 3.8) is 0 Å². The fraction of sp³-hybridized carbons (Fsp3) is 0.842. The summed E-state index contributed by atoms with van der Waals surface area (Å²) in [5.74, 6) is -6.23.